The highest BCUT2D eigenvalue weighted by atomic mass is 35.5. The zero-order valence-corrected chi connectivity index (χ0v) is 17.1. The van der Waals surface area contributed by atoms with Crippen molar-refractivity contribution in [2.75, 3.05) is 5.32 Å². The maximum absolute atomic E-state index is 6.47. The van der Waals surface area contributed by atoms with E-state index in [2.05, 4.69) is 21.4 Å². The van der Waals surface area contributed by atoms with Crippen LogP contribution < -0.4 is 11.1 Å². The molecule has 3 N–H and O–H groups in total. The second kappa shape index (κ2) is 9.33. The van der Waals surface area contributed by atoms with Gasteiger partial charge in [-0.2, -0.15) is 0 Å². The molecule has 150 valence electrons. The van der Waals surface area contributed by atoms with Crippen molar-refractivity contribution < 1.29 is 0 Å². The summed E-state index contributed by atoms with van der Waals surface area (Å²) in [6.07, 6.45) is 10.9. The Morgan fingerprint density at radius 1 is 1.07 bits per heavy atom. The van der Waals surface area contributed by atoms with E-state index < -0.39 is 0 Å². The lowest BCUT2D eigenvalue weighted by Crippen LogP contribution is -2.27. The second-order valence-corrected chi connectivity index (χ2v) is 8.16. The number of nitrogens with one attached hydrogen (secondary N) is 1. The Hall–Kier alpha value is -2.50. The van der Waals surface area contributed by atoms with Gasteiger partial charge in [0.2, 0.25) is 0 Å². The van der Waals surface area contributed by atoms with Gasteiger partial charge >= 0.3 is 0 Å². The fraction of sp³-hybridized carbons (Fsp3) is 0.348. The maximum atomic E-state index is 6.47. The highest BCUT2D eigenvalue weighted by molar-refractivity contribution is 6.33. The Morgan fingerprint density at radius 3 is 2.66 bits per heavy atom. The van der Waals surface area contributed by atoms with E-state index >= 15 is 0 Å². The van der Waals surface area contributed by atoms with Gasteiger partial charge in [0.05, 0.1) is 10.7 Å². The largest absolute Gasteiger partial charge is 0.366 e. The molecular formula is C23H26ClN5. The third-order valence-corrected chi connectivity index (χ3v) is 5.85. The average Bonchev–Trinajstić information content (AvgIpc) is 2.76. The molecule has 4 rings (SSSR count). The molecule has 5 nitrogen and oxygen atoms in total. The molecule has 29 heavy (non-hydrogen) atoms. The van der Waals surface area contributed by atoms with Gasteiger partial charge in [-0.1, -0.05) is 17.7 Å². The third-order valence-electron chi connectivity index (χ3n) is 5.55. The van der Waals surface area contributed by atoms with Crippen LogP contribution in [-0.4, -0.2) is 21.0 Å². The van der Waals surface area contributed by atoms with E-state index in [4.69, 9.17) is 22.3 Å². The molecule has 1 aliphatic carbocycles. The van der Waals surface area contributed by atoms with Crippen LogP contribution in [0.15, 0.2) is 55.0 Å². The Kier molecular flexibility index (Phi) is 6.37. The lowest BCUT2D eigenvalue weighted by molar-refractivity contribution is 0.323. The minimum Gasteiger partial charge on any atom is -0.366 e. The minimum absolute atomic E-state index is 0.367. The molecule has 1 aliphatic rings. The summed E-state index contributed by atoms with van der Waals surface area (Å²) in [5.74, 6) is 1.47. The number of aromatic nitrogens is 3. The van der Waals surface area contributed by atoms with Gasteiger partial charge in [0.25, 0.3) is 0 Å². The lowest BCUT2D eigenvalue weighted by Gasteiger charge is -2.25. The number of pyridine rings is 3. The van der Waals surface area contributed by atoms with Crippen LogP contribution in [0.4, 0.5) is 5.82 Å². The van der Waals surface area contributed by atoms with Gasteiger partial charge in [0.1, 0.15) is 5.82 Å². The van der Waals surface area contributed by atoms with Crippen molar-refractivity contribution >= 4 is 17.4 Å². The quantitative estimate of drug-likeness (QED) is 0.609. The standard InChI is InChI=1S/C23H26ClN5/c24-21-15-27-19(12-16-4-6-18(25)7-5-16)13-20(21)22-2-1-3-23(29-22)28-14-17-8-10-26-11-9-17/h1-3,8-11,13,15-16,18H,4-7,12,14,25H2,(H,28,29). The molecule has 0 aromatic carbocycles. The number of nitrogens with zero attached hydrogens (tertiary/aromatic N) is 3. The molecule has 6 heteroatoms. The van der Waals surface area contributed by atoms with Crippen LogP contribution in [0.2, 0.25) is 5.02 Å². The van der Waals surface area contributed by atoms with Crippen LogP contribution in [0.3, 0.4) is 0 Å². The van der Waals surface area contributed by atoms with Gasteiger partial charge in [-0.15, -0.1) is 0 Å². The number of nitrogens with two attached hydrogens (primary N) is 1. The number of hydrogen-bond donors (Lipinski definition) is 2. The van der Waals surface area contributed by atoms with Gasteiger partial charge in [-0.3, -0.25) is 9.97 Å². The number of anilines is 1. The molecule has 1 fully saturated rings. The van der Waals surface area contributed by atoms with Gasteiger partial charge < -0.3 is 11.1 Å². The lowest BCUT2D eigenvalue weighted by atomic mass is 9.83. The first-order chi connectivity index (χ1) is 14.2. The van der Waals surface area contributed by atoms with E-state index in [1.807, 2.05) is 30.3 Å². The number of rotatable bonds is 6. The summed E-state index contributed by atoms with van der Waals surface area (Å²) in [5.41, 5.74) is 10.0. The van der Waals surface area contributed by atoms with Gasteiger partial charge in [0, 0.05) is 42.4 Å². The predicted octanol–water partition coefficient (Wildman–Crippen LogP) is 4.86. The van der Waals surface area contributed by atoms with Crippen LogP contribution in [0.1, 0.15) is 36.9 Å². The van der Waals surface area contributed by atoms with E-state index in [0.717, 1.165) is 47.6 Å². The summed E-state index contributed by atoms with van der Waals surface area (Å²) in [6, 6.07) is 12.4. The fourth-order valence-electron chi connectivity index (χ4n) is 3.85. The summed E-state index contributed by atoms with van der Waals surface area (Å²) >= 11 is 6.47. The van der Waals surface area contributed by atoms with Crippen molar-refractivity contribution in [3.63, 3.8) is 0 Å². The van der Waals surface area contributed by atoms with Crippen LogP contribution in [-0.2, 0) is 13.0 Å². The molecule has 0 aliphatic heterocycles. The van der Waals surface area contributed by atoms with Crippen LogP contribution in [0.25, 0.3) is 11.3 Å². The smallest absolute Gasteiger partial charge is 0.126 e. The van der Waals surface area contributed by atoms with Gasteiger partial charge in [-0.25, -0.2) is 4.98 Å². The van der Waals surface area contributed by atoms with Crippen molar-refractivity contribution in [3.05, 3.63) is 71.3 Å². The second-order valence-electron chi connectivity index (χ2n) is 7.76. The molecule has 3 aromatic rings. The first-order valence-corrected chi connectivity index (χ1v) is 10.6. The van der Waals surface area contributed by atoms with Gasteiger partial charge in [0.15, 0.2) is 0 Å². The van der Waals surface area contributed by atoms with E-state index in [1.54, 1.807) is 18.6 Å². The van der Waals surface area contributed by atoms with E-state index in [-0.39, 0.29) is 0 Å². The molecule has 0 atom stereocenters. The summed E-state index contributed by atoms with van der Waals surface area (Å²) in [5, 5.41) is 3.99. The first kappa shape index (κ1) is 19.8. The zero-order valence-electron chi connectivity index (χ0n) is 16.4. The molecule has 0 radical (unpaired) electrons. The summed E-state index contributed by atoms with van der Waals surface area (Å²) < 4.78 is 0. The summed E-state index contributed by atoms with van der Waals surface area (Å²) in [4.78, 5) is 13.4. The highest BCUT2D eigenvalue weighted by Gasteiger charge is 2.20. The Labute approximate surface area is 176 Å². The topological polar surface area (TPSA) is 76.7 Å². The zero-order chi connectivity index (χ0) is 20.1. The minimum atomic E-state index is 0.367. The molecule has 0 unspecified atom stereocenters. The van der Waals surface area contributed by atoms with Crippen LogP contribution >= 0.6 is 11.6 Å². The fourth-order valence-corrected chi connectivity index (χ4v) is 4.05. The molecule has 0 saturated heterocycles. The summed E-state index contributed by atoms with van der Waals surface area (Å²) in [6.45, 7) is 0.693. The molecule has 3 heterocycles. The van der Waals surface area contributed by atoms with Gasteiger partial charge in [-0.05, 0) is 73.9 Å². The monoisotopic (exact) mass is 407 g/mol. The van der Waals surface area contributed by atoms with Crippen molar-refractivity contribution in [1.29, 1.82) is 0 Å². The van der Waals surface area contributed by atoms with Crippen molar-refractivity contribution in [1.82, 2.24) is 15.0 Å². The molecule has 1 saturated carbocycles. The van der Waals surface area contributed by atoms with Crippen LogP contribution in [0.5, 0.6) is 0 Å². The van der Waals surface area contributed by atoms with E-state index in [9.17, 15) is 0 Å². The third kappa shape index (κ3) is 5.31. The first-order valence-electron chi connectivity index (χ1n) is 10.2. The molecule has 0 spiro atoms. The Morgan fingerprint density at radius 2 is 1.86 bits per heavy atom. The Balaban J connectivity index is 1.48. The highest BCUT2D eigenvalue weighted by Crippen LogP contribution is 2.30. The van der Waals surface area contributed by atoms with Crippen LogP contribution in [0, 0.1) is 5.92 Å². The molecule has 0 amide bonds. The van der Waals surface area contributed by atoms with Crippen molar-refractivity contribution in [2.24, 2.45) is 11.7 Å². The van der Waals surface area contributed by atoms with Crippen molar-refractivity contribution in [2.45, 2.75) is 44.7 Å². The average molecular weight is 408 g/mol. The molecule has 3 aromatic heterocycles. The van der Waals surface area contributed by atoms with E-state index in [1.165, 1.54) is 12.8 Å². The Bertz CT molecular complexity index is 939. The SMILES string of the molecule is NC1CCC(Cc2cc(-c3cccc(NCc4ccncc4)n3)c(Cl)cn2)CC1. The molecule has 0 bridgehead atoms. The van der Waals surface area contributed by atoms with E-state index in [0.29, 0.717) is 23.5 Å². The predicted molar refractivity (Wildman–Crippen MR) is 118 cm³/mol. The maximum Gasteiger partial charge on any atom is 0.126 e. The van der Waals surface area contributed by atoms with Crippen molar-refractivity contribution in [3.8, 4) is 11.3 Å². The normalized spacial score (nSPS) is 19.1. The number of hydrogen-bond acceptors (Lipinski definition) is 5. The summed E-state index contributed by atoms with van der Waals surface area (Å²) in [7, 11) is 0. The number of halogens is 1. The molecular weight excluding hydrogens is 382 g/mol.